The van der Waals surface area contributed by atoms with Gasteiger partial charge in [-0.2, -0.15) is 0 Å². The highest BCUT2D eigenvalue weighted by Crippen LogP contribution is 2.23. The Bertz CT molecular complexity index is 484. The molecule has 0 aliphatic heterocycles. The summed E-state index contributed by atoms with van der Waals surface area (Å²) in [6.45, 7) is 3.67. The molecule has 0 radical (unpaired) electrons. The first kappa shape index (κ1) is 16.2. The van der Waals surface area contributed by atoms with Crippen molar-refractivity contribution in [3.8, 4) is 0 Å². The van der Waals surface area contributed by atoms with E-state index >= 15 is 0 Å². The summed E-state index contributed by atoms with van der Waals surface area (Å²) in [5.41, 5.74) is 0.466. The average Bonchev–Trinajstić information content (AvgIpc) is 2.41. The number of para-hydroxylation sites is 1. The van der Waals surface area contributed by atoms with Crippen molar-refractivity contribution in [3.05, 3.63) is 29.3 Å². The van der Waals surface area contributed by atoms with Crippen LogP contribution in [0.3, 0.4) is 0 Å². The molecule has 0 heterocycles. The van der Waals surface area contributed by atoms with Gasteiger partial charge < -0.3 is 9.47 Å². The molecular formula is C14H16ClNO4. The molecule has 6 heteroatoms. The van der Waals surface area contributed by atoms with Crippen LogP contribution in [0.4, 0.5) is 5.69 Å². The molecule has 0 fully saturated rings. The lowest BCUT2D eigenvalue weighted by molar-refractivity contribution is -0.157. The van der Waals surface area contributed by atoms with Crippen LogP contribution in [0.5, 0.6) is 0 Å². The summed E-state index contributed by atoms with van der Waals surface area (Å²) in [6.07, 6.45) is 1.19. The normalized spacial score (nSPS) is 10.8. The van der Waals surface area contributed by atoms with Gasteiger partial charge in [0.15, 0.2) is 5.92 Å². The van der Waals surface area contributed by atoms with E-state index in [4.69, 9.17) is 21.1 Å². The van der Waals surface area contributed by atoms with Gasteiger partial charge in [-0.25, -0.2) is 0 Å². The minimum absolute atomic E-state index is 0.175. The van der Waals surface area contributed by atoms with Gasteiger partial charge in [0.2, 0.25) is 0 Å². The molecule has 0 N–H and O–H groups in total. The highest BCUT2D eigenvalue weighted by Gasteiger charge is 2.27. The number of ether oxygens (including phenoxy) is 2. The third kappa shape index (κ3) is 4.66. The first-order chi connectivity index (χ1) is 9.60. The van der Waals surface area contributed by atoms with Crippen molar-refractivity contribution in [2.45, 2.75) is 13.8 Å². The number of halogens is 1. The summed E-state index contributed by atoms with van der Waals surface area (Å²) in [5.74, 6) is -2.57. The molecule has 0 bridgehead atoms. The van der Waals surface area contributed by atoms with Crippen molar-refractivity contribution >= 4 is 35.4 Å². The molecule has 1 aromatic carbocycles. The third-order valence-electron chi connectivity index (χ3n) is 2.30. The zero-order valence-electron chi connectivity index (χ0n) is 11.3. The molecule has 0 unspecified atom stereocenters. The lowest BCUT2D eigenvalue weighted by atomic mass is 10.1. The van der Waals surface area contributed by atoms with Gasteiger partial charge in [-0.1, -0.05) is 23.7 Å². The second-order valence-corrected chi connectivity index (χ2v) is 4.12. The van der Waals surface area contributed by atoms with E-state index in [0.29, 0.717) is 10.7 Å². The van der Waals surface area contributed by atoms with Crippen LogP contribution in [0.2, 0.25) is 5.02 Å². The number of carbonyl (C=O) groups excluding carboxylic acids is 2. The van der Waals surface area contributed by atoms with E-state index in [1.54, 1.807) is 38.1 Å². The highest BCUT2D eigenvalue weighted by molar-refractivity contribution is 6.33. The molecule has 0 saturated carbocycles. The molecule has 0 aliphatic rings. The summed E-state index contributed by atoms with van der Waals surface area (Å²) in [5, 5.41) is 0.426. The van der Waals surface area contributed by atoms with Crippen molar-refractivity contribution < 1.29 is 19.1 Å². The summed E-state index contributed by atoms with van der Waals surface area (Å²) in [6, 6.07) is 6.85. The van der Waals surface area contributed by atoms with Crippen LogP contribution in [0.1, 0.15) is 13.8 Å². The fourth-order valence-electron chi connectivity index (χ4n) is 1.39. The Morgan fingerprint density at radius 2 is 1.75 bits per heavy atom. The smallest absolute Gasteiger partial charge is 0.325 e. The molecule has 108 valence electrons. The third-order valence-corrected chi connectivity index (χ3v) is 2.62. The number of hydrogen-bond acceptors (Lipinski definition) is 5. The molecule has 20 heavy (non-hydrogen) atoms. The second kappa shape index (κ2) is 8.32. The summed E-state index contributed by atoms with van der Waals surface area (Å²) in [7, 11) is 0. The standard InChI is InChI=1S/C14H16ClNO4/c1-3-19-13(17)10(14(18)20-4-2)9-16-12-8-6-5-7-11(12)15/h5-10H,3-4H2,1-2H3. The first-order valence-electron chi connectivity index (χ1n) is 6.22. The minimum atomic E-state index is -1.19. The molecule has 0 amide bonds. The van der Waals surface area contributed by atoms with Crippen molar-refractivity contribution in [3.63, 3.8) is 0 Å². The van der Waals surface area contributed by atoms with Gasteiger partial charge in [0.1, 0.15) is 0 Å². The topological polar surface area (TPSA) is 65.0 Å². The maximum Gasteiger partial charge on any atom is 0.325 e. The van der Waals surface area contributed by atoms with E-state index in [2.05, 4.69) is 4.99 Å². The lowest BCUT2D eigenvalue weighted by Crippen LogP contribution is -2.29. The summed E-state index contributed by atoms with van der Waals surface area (Å²) >= 11 is 5.94. The number of benzene rings is 1. The predicted molar refractivity (Wildman–Crippen MR) is 76.4 cm³/mol. The maximum atomic E-state index is 11.7. The van der Waals surface area contributed by atoms with E-state index in [9.17, 15) is 9.59 Å². The largest absolute Gasteiger partial charge is 0.465 e. The van der Waals surface area contributed by atoms with Crippen LogP contribution in [0.15, 0.2) is 29.3 Å². The monoisotopic (exact) mass is 297 g/mol. The Balaban J connectivity index is 2.91. The molecule has 0 aliphatic carbocycles. The van der Waals surface area contributed by atoms with Crippen LogP contribution in [-0.2, 0) is 19.1 Å². The van der Waals surface area contributed by atoms with Gasteiger partial charge in [-0.3, -0.25) is 14.6 Å². The van der Waals surface area contributed by atoms with Crippen molar-refractivity contribution in [2.24, 2.45) is 10.9 Å². The molecule has 1 rings (SSSR count). The van der Waals surface area contributed by atoms with Gasteiger partial charge in [0, 0.05) is 6.21 Å². The van der Waals surface area contributed by atoms with E-state index in [1.165, 1.54) is 6.21 Å². The van der Waals surface area contributed by atoms with Gasteiger partial charge in [0.25, 0.3) is 0 Å². The quantitative estimate of drug-likeness (QED) is 0.460. The minimum Gasteiger partial charge on any atom is -0.465 e. The lowest BCUT2D eigenvalue weighted by Gasteiger charge is -2.10. The van der Waals surface area contributed by atoms with Crippen molar-refractivity contribution in [1.29, 1.82) is 0 Å². The van der Waals surface area contributed by atoms with Gasteiger partial charge >= 0.3 is 11.9 Å². The molecule has 0 atom stereocenters. The maximum absolute atomic E-state index is 11.7. The first-order valence-corrected chi connectivity index (χ1v) is 6.59. The molecule has 0 aromatic heterocycles. The Labute approximate surface area is 122 Å². The Kier molecular flexibility index (Phi) is 6.73. The molecule has 5 nitrogen and oxygen atoms in total. The van der Waals surface area contributed by atoms with E-state index < -0.39 is 17.9 Å². The fourth-order valence-corrected chi connectivity index (χ4v) is 1.58. The van der Waals surface area contributed by atoms with E-state index in [0.717, 1.165) is 0 Å². The number of esters is 2. The predicted octanol–water partition coefficient (Wildman–Crippen LogP) is 2.78. The number of nitrogens with zero attached hydrogens (tertiary/aromatic N) is 1. The van der Waals surface area contributed by atoms with Crippen molar-refractivity contribution in [2.75, 3.05) is 13.2 Å². The fraction of sp³-hybridized carbons (Fsp3) is 0.357. The van der Waals surface area contributed by atoms with Gasteiger partial charge in [-0.05, 0) is 26.0 Å². The van der Waals surface area contributed by atoms with Crippen LogP contribution in [-0.4, -0.2) is 31.4 Å². The zero-order chi connectivity index (χ0) is 15.0. The molecule has 0 spiro atoms. The van der Waals surface area contributed by atoms with Crippen LogP contribution in [0.25, 0.3) is 0 Å². The number of aliphatic imine (C=N–C) groups is 1. The molecule has 1 aromatic rings. The number of carbonyl (C=O) groups is 2. The summed E-state index contributed by atoms with van der Waals surface area (Å²) in [4.78, 5) is 27.5. The van der Waals surface area contributed by atoms with Gasteiger partial charge in [0.05, 0.1) is 23.9 Å². The molecular weight excluding hydrogens is 282 g/mol. The zero-order valence-corrected chi connectivity index (χ0v) is 12.1. The SMILES string of the molecule is CCOC(=O)C(C=Nc1ccccc1Cl)C(=O)OCC. The number of hydrogen-bond donors (Lipinski definition) is 0. The number of rotatable bonds is 6. The highest BCUT2D eigenvalue weighted by atomic mass is 35.5. The average molecular weight is 298 g/mol. The van der Waals surface area contributed by atoms with Crippen LogP contribution < -0.4 is 0 Å². The van der Waals surface area contributed by atoms with E-state index in [-0.39, 0.29) is 13.2 Å². The van der Waals surface area contributed by atoms with Gasteiger partial charge in [-0.15, -0.1) is 0 Å². The molecule has 0 saturated heterocycles. The Morgan fingerprint density at radius 3 is 2.25 bits per heavy atom. The summed E-state index contributed by atoms with van der Waals surface area (Å²) < 4.78 is 9.65. The van der Waals surface area contributed by atoms with Crippen LogP contribution >= 0.6 is 11.6 Å². The van der Waals surface area contributed by atoms with E-state index in [1.807, 2.05) is 0 Å². The van der Waals surface area contributed by atoms with Crippen molar-refractivity contribution in [1.82, 2.24) is 0 Å². The Hall–Kier alpha value is -1.88. The van der Waals surface area contributed by atoms with Crippen LogP contribution in [0, 0.1) is 5.92 Å². The Morgan fingerprint density at radius 1 is 1.20 bits per heavy atom. The second-order valence-electron chi connectivity index (χ2n) is 3.71.